The number of aryl methyl sites for hydroxylation is 2. The molecular weight excluding hydrogens is 464 g/mol. The molecule has 0 spiro atoms. The average Bonchev–Trinajstić information content (AvgIpc) is 3.35. The van der Waals surface area contributed by atoms with Crippen LogP contribution < -0.4 is 19.5 Å². The fraction of sp³-hybridized carbons (Fsp3) is 0.222. The highest BCUT2D eigenvalue weighted by Crippen LogP contribution is 2.29. The quantitative estimate of drug-likeness (QED) is 0.274. The maximum Gasteiger partial charge on any atom is 0.331 e. The molecule has 0 saturated carbocycles. The van der Waals surface area contributed by atoms with E-state index < -0.39 is 17.8 Å². The van der Waals surface area contributed by atoms with Crippen LogP contribution in [0, 0.1) is 13.8 Å². The van der Waals surface area contributed by atoms with Gasteiger partial charge in [0.15, 0.2) is 11.5 Å². The molecule has 2 heterocycles. The minimum Gasteiger partial charge on any atom is -0.493 e. The smallest absolute Gasteiger partial charge is 0.331 e. The Morgan fingerprint density at radius 3 is 2.39 bits per heavy atom. The van der Waals surface area contributed by atoms with Gasteiger partial charge >= 0.3 is 6.03 Å². The summed E-state index contributed by atoms with van der Waals surface area (Å²) in [4.78, 5) is 38.4. The Morgan fingerprint density at radius 1 is 0.944 bits per heavy atom. The second-order valence-electron chi connectivity index (χ2n) is 8.22. The number of hydrogen-bond donors (Lipinski definition) is 1. The second kappa shape index (κ2) is 10.8. The number of carbonyl (C=O) groups excluding carboxylic acids is 3. The zero-order chi connectivity index (χ0) is 25.7. The van der Waals surface area contributed by atoms with E-state index in [1.165, 1.54) is 19.4 Å². The SMILES string of the molecule is COc1cc(/C=C2\C(=O)NC(=O)N(Cc3ccco3)C2=O)ccc1OCCOc1cc(C)cc(C)c1. The standard InChI is InChI=1S/C27H26N2O7/c1-17-11-18(2)13-21(12-17)35-9-10-36-23-7-6-19(15-24(23)33-3)14-22-25(30)28-27(32)29(26(22)31)16-20-5-4-8-34-20/h4-8,11-15H,9-10,16H2,1-3H3,(H,28,30,32)/b22-14+. The van der Waals surface area contributed by atoms with E-state index in [2.05, 4.69) is 11.4 Å². The highest BCUT2D eigenvalue weighted by molar-refractivity contribution is 6.30. The van der Waals surface area contributed by atoms with E-state index in [9.17, 15) is 14.4 Å². The van der Waals surface area contributed by atoms with Gasteiger partial charge in [-0.1, -0.05) is 12.1 Å². The van der Waals surface area contributed by atoms with Gasteiger partial charge in [0.1, 0.15) is 30.3 Å². The molecule has 0 unspecified atom stereocenters. The number of amides is 4. The van der Waals surface area contributed by atoms with E-state index in [1.54, 1.807) is 30.3 Å². The number of benzene rings is 2. The van der Waals surface area contributed by atoms with E-state index in [0.717, 1.165) is 21.8 Å². The fourth-order valence-corrected chi connectivity index (χ4v) is 3.78. The predicted molar refractivity (Wildman–Crippen MR) is 131 cm³/mol. The average molecular weight is 491 g/mol. The third kappa shape index (κ3) is 5.75. The molecule has 0 bridgehead atoms. The normalized spacial score (nSPS) is 14.7. The van der Waals surface area contributed by atoms with Crippen molar-refractivity contribution in [3.05, 3.63) is 82.8 Å². The van der Waals surface area contributed by atoms with E-state index in [-0.39, 0.29) is 18.7 Å². The molecule has 1 aliphatic rings. The predicted octanol–water partition coefficient (Wildman–Crippen LogP) is 4.02. The minimum atomic E-state index is -0.803. The van der Waals surface area contributed by atoms with Crippen LogP contribution >= 0.6 is 0 Å². The molecule has 9 heteroatoms. The lowest BCUT2D eigenvalue weighted by atomic mass is 10.1. The molecule has 0 aliphatic carbocycles. The number of barbiturate groups is 1. The second-order valence-corrected chi connectivity index (χ2v) is 8.22. The molecule has 1 fully saturated rings. The highest BCUT2D eigenvalue weighted by atomic mass is 16.5. The molecule has 186 valence electrons. The number of rotatable bonds is 9. The van der Waals surface area contributed by atoms with Gasteiger partial charge in [-0.3, -0.25) is 19.8 Å². The first-order valence-corrected chi connectivity index (χ1v) is 11.3. The maximum absolute atomic E-state index is 12.9. The molecule has 4 rings (SSSR count). The zero-order valence-electron chi connectivity index (χ0n) is 20.2. The lowest BCUT2D eigenvalue weighted by Gasteiger charge is -2.25. The maximum atomic E-state index is 12.9. The summed E-state index contributed by atoms with van der Waals surface area (Å²) in [5.74, 6) is 0.601. The van der Waals surface area contributed by atoms with Crippen molar-refractivity contribution in [2.24, 2.45) is 0 Å². The van der Waals surface area contributed by atoms with E-state index >= 15 is 0 Å². The summed E-state index contributed by atoms with van der Waals surface area (Å²) in [5.41, 5.74) is 2.59. The van der Waals surface area contributed by atoms with Gasteiger partial charge in [-0.25, -0.2) is 4.79 Å². The molecule has 1 aromatic heterocycles. The van der Waals surface area contributed by atoms with Gasteiger partial charge in [0, 0.05) is 0 Å². The Morgan fingerprint density at radius 2 is 1.69 bits per heavy atom. The lowest BCUT2D eigenvalue weighted by molar-refractivity contribution is -0.130. The summed E-state index contributed by atoms with van der Waals surface area (Å²) < 4.78 is 22.2. The molecule has 3 aromatic rings. The molecular formula is C27H26N2O7. The molecule has 1 aliphatic heterocycles. The Labute approximate surface area is 208 Å². The Hall–Kier alpha value is -4.53. The topological polar surface area (TPSA) is 107 Å². The molecule has 4 amide bonds. The van der Waals surface area contributed by atoms with Crippen LogP contribution in [-0.2, 0) is 16.1 Å². The molecule has 1 N–H and O–H groups in total. The molecule has 0 atom stereocenters. The minimum absolute atomic E-state index is 0.0947. The number of imide groups is 2. The number of nitrogens with one attached hydrogen (secondary N) is 1. The summed E-state index contributed by atoms with van der Waals surface area (Å²) in [6.07, 6.45) is 2.84. The molecule has 2 aromatic carbocycles. The fourth-order valence-electron chi connectivity index (χ4n) is 3.78. The van der Waals surface area contributed by atoms with Crippen LogP contribution in [0.2, 0.25) is 0 Å². The number of furan rings is 1. The molecule has 36 heavy (non-hydrogen) atoms. The molecule has 1 saturated heterocycles. The van der Waals surface area contributed by atoms with Gasteiger partial charge in [-0.15, -0.1) is 0 Å². The third-order valence-electron chi connectivity index (χ3n) is 5.38. The van der Waals surface area contributed by atoms with Gasteiger partial charge in [0.25, 0.3) is 11.8 Å². The van der Waals surface area contributed by atoms with Crippen molar-refractivity contribution in [1.29, 1.82) is 0 Å². The highest BCUT2D eigenvalue weighted by Gasteiger charge is 2.36. The van der Waals surface area contributed by atoms with Crippen LogP contribution in [0.1, 0.15) is 22.5 Å². The first-order chi connectivity index (χ1) is 17.3. The van der Waals surface area contributed by atoms with Crippen molar-refractivity contribution >= 4 is 23.9 Å². The zero-order valence-corrected chi connectivity index (χ0v) is 20.2. The number of nitrogens with zero attached hydrogens (tertiary/aromatic N) is 1. The summed E-state index contributed by atoms with van der Waals surface area (Å²) in [6.45, 7) is 4.55. The number of methoxy groups -OCH3 is 1. The van der Waals surface area contributed by atoms with Crippen molar-refractivity contribution in [3.8, 4) is 17.2 Å². The Bertz CT molecular complexity index is 1290. The van der Waals surface area contributed by atoms with Crippen LogP contribution in [-0.4, -0.2) is 43.1 Å². The summed E-state index contributed by atoms with van der Waals surface area (Å²) in [6, 6.07) is 13.5. The summed E-state index contributed by atoms with van der Waals surface area (Å²) >= 11 is 0. The van der Waals surface area contributed by atoms with Crippen molar-refractivity contribution in [3.63, 3.8) is 0 Å². The number of carbonyl (C=O) groups is 3. The van der Waals surface area contributed by atoms with E-state index in [4.69, 9.17) is 18.6 Å². The first kappa shape index (κ1) is 24.6. The third-order valence-corrected chi connectivity index (χ3v) is 5.38. The summed E-state index contributed by atoms with van der Waals surface area (Å²) in [5, 5.41) is 2.18. The number of hydrogen-bond acceptors (Lipinski definition) is 7. The van der Waals surface area contributed by atoms with Crippen LogP contribution in [0.4, 0.5) is 4.79 Å². The molecule has 9 nitrogen and oxygen atoms in total. The van der Waals surface area contributed by atoms with Gasteiger partial charge in [0.05, 0.1) is 19.9 Å². The van der Waals surface area contributed by atoms with Gasteiger partial charge < -0.3 is 18.6 Å². The lowest BCUT2D eigenvalue weighted by Crippen LogP contribution is -2.53. The van der Waals surface area contributed by atoms with Crippen LogP contribution in [0.15, 0.2) is 64.8 Å². The van der Waals surface area contributed by atoms with Crippen molar-refractivity contribution in [2.45, 2.75) is 20.4 Å². The van der Waals surface area contributed by atoms with E-state index in [0.29, 0.717) is 29.4 Å². The monoisotopic (exact) mass is 490 g/mol. The van der Waals surface area contributed by atoms with Crippen molar-refractivity contribution < 1.29 is 33.0 Å². The van der Waals surface area contributed by atoms with Gasteiger partial charge in [0.2, 0.25) is 0 Å². The van der Waals surface area contributed by atoms with Crippen LogP contribution in [0.25, 0.3) is 6.08 Å². The van der Waals surface area contributed by atoms with Crippen molar-refractivity contribution in [1.82, 2.24) is 10.2 Å². The number of ether oxygens (including phenoxy) is 3. The van der Waals surface area contributed by atoms with Crippen LogP contribution in [0.3, 0.4) is 0 Å². The van der Waals surface area contributed by atoms with Crippen molar-refractivity contribution in [2.75, 3.05) is 20.3 Å². The van der Waals surface area contributed by atoms with E-state index in [1.807, 2.05) is 26.0 Å². The molecule has 0 radical (unpaired) electrons. The first-order valence-electron chi connectivity index (χ1n) is 11.3. The Kier molecular flexibility index (Phi) is 7.39. The Balaban J connectivity index is 1.43. The van der Waals surface area contributed by atoms with Crippen LogP contribution in [0.5, 0.6) is 17.2 Å². The van der Waals surface area contributed by atoms with Gasteiger partial charge in [-0.2, -0.15) is 0 Å². The van der Waals surface area contributed by atoms with Gasteiger partial charge in [-0.05, 0) is 73.0 Å². The number of urea groups is 1. The largest absolute Gasteiger partial charge is 0.493 e. The summed E-state index contributed by atoms with van der Waals surface area (Å²) in [7, 11) is 1.49.